The molecule has 0 spiro atoms. The molecule has 13 heavy (non-hydrogen) atoms. The van der Waals surface area contributed by atoms with Gasteiger partial charge in [-0.2, -0.15) is 5.26 Å². The maximum absolute atomic E-state index is 8.92. The first-order chi connectivity index (χ1) is 6.38. The molecular formula is C10H17N3. The molecule has 0 radical (unpaired) electrons. The lowest BCUT2D eigenvalue weighted by Gasteiger charge is -2.18. The molecule has 1 saturated heterocycles. The van der Waals surface area contributed by atoms with Gasteiger partial charge in [0.25, 0.3) is 0 Å². The number of hydrogen-bond acceptors (Lipinski definition) is 3. The van der Waals surface area contributed by atoms with Crippen molar-refractivity contribution in [3.8, 4) is 6.07 Å². The van der Waals surface area contributed by atoms with Crippen molar-refractivity contribution in [2.45, 2.75) is 37.8 Å². The smallest absolute Gasteiger partial charge is 0.108 e. The van der Waals surface area contributed by atoms with Gasteiger partial charge in [-0.15, -0.1) is 0 Å². The Kier molecular flexibility index (Phi) is 2.82. The minimum atomic E-state index is 0.0607. The molecule has 3 nitrogen and oxygen atoms in total. The molecule has 1 atom stereocenters. The Morgan fingerprint density at radius 3 is 2.62 bits per heavy atom. The van der Waals surface area contributed by atoms with E-state index in [-0.39, 0.29) is 6.04 Å². The van der Waals surface area contributed by atoms with Crippen molar-refractivity contribution in [3.63, 3.8) is 0 Å². The van der Waals surface area contributed by atoms with E-state index in [1.807, 2.05) is 0 Å². The Morgan fingerprint density at radius 2 is 2.08 bits per heavy atom. The third kappa shape index (κ3) is 2.68. The summed E-state index contributed by atoms with van der Waals surface area (Å²) in [6, 6.07) is 3.05. The van der Waals surface area contributed by atoms with Crippen molar-refractivity contribution in [2.75, 3.05) is 19.6 Å². The van der Waals surface area contributed by atoms with Crippen LogP contribution in [0.4, 0.5) is 0 Å². The lowest BCUT2D eigenvalue weighted by molar-refractivity contribution is 0.313. The molecule has 0 bridgehead atoms. The monoisotopic (exact) mass is 179 g/mol. The van der Waals surface area contributed by atoms with E-state index in [4.69, 9.17) is 5.26 Å². The molecule has 1 heterocycles. The van der Waals surface area contributed by atoms with Gasteiger partial charge in [0, 0.05) is 12.6 Å². The van der Waals surface area contributed by atoms with Crippen LogP contribution in [0.3, 0.4) is 0 Å². The second-order valence-corrected chi connectivity index (χ2v) is 4.13. The quantitative estimate of drug-likeness (QED) is 0.691. The van der Waals surface area contributed by atoms with E-state index in [2.05, 4.69) is 16.3 Å². The fourth-order valence-corrected chi connectivity index (χ4v) is 1.89. The van der Waals surface area contributed by atoms with Crippen LogP contribution in [-0.2, 0) is 0 Å². The number of hydrogen-bond donors (Lipinski definition) is 1. The fraction of sp³-hybridized carbons (Fsp3) is 0.900. The lowest BCUT2D eigenvalue weighted by atomic mass is 10.3. The van der Waals surface area contributed by atoms with E-state index in [1.54, 1.807) is 0 Å². The summed E-state index contributed by atoms with van der Waals surface area (Å²) in [6.45, 7) is 3.29. The predicted molar refractivity (Wildman–Crippen MR) is 51.2 cm³/mol. The van der Waals surface area contributed by atoms with Gasteiger partial charge in [-0.3, -0.25) is 5.32 Å². The van der Waals surface area contributed by atoms with Crippen LogP contribution in [0.2, 0.25) is 0 Å². The van der Waals surface area contributed by atoms with Crippen LogP contribution < -0.4 is 5.32 Å². The summed E-state index contributed by atoms with van der Waals surface area (Å²) in [4.78, 5) is 2.39. The van der Waals surface area contributed by atoms with Crippen molar-refractivity contribution in [1.29, 1.82) is 5.26 Å². The second kappa shape index (κ2) is 4.08. The zero-order chi connectivity index (χ0) is 9.10. The number of nitriles is 1. The largest absolute Gasteiger partial charge is 0.301 e. The molecule has 1 N–H and O–H groups in total. The lowest BCUT2D eigenvalue weighted by Crippen LogP contribution is -2.40. The molecule has 1 aliphatic carbocycles. The summed E-state index contributed by atoms with van der Waals surface area (Å²) in [5.74, 6) is 0. The van der Waals surface area contributed by atoms with Gasteiger partial charge in [0.2, 0.25) is 0 Å². The Labute approximate surface area is 79.7 Å². The van der Waals surface area contributed by atoms with E-state index >= 15 is 0 Å². The van der Waals surface area contributed by atoms with Gasteiger partial charge in [-0.1, -0.05) is 0 Å². The Bertz CT molecular complexity index is 199. The maximum Gasteiger partial charge on any atom is 0.108 e. The third-order valence-corrected chi connectivity index (χ3v) is 2.81. The van der Waals surface area contributed by atoms with E-state index < -0.39 is 0 Å². The van der Waals surface area contributed by atoms with Gasteiger partial charge in [-0.05, 0) is 38.8 Å². The number of nitrogens with zero attached hydrogens (tertiary/aromatic N) is 2. The molecule has 72 valence electrons. The minimum absolute atomic E-state index is 0.0607. The Morgan fingerprint density at radius 1 is 1.38 bits per heavy atom. The highest BCUT2D eigenvalue weighted by molar-refractivity contribution is 4.97. The molecule has 2 fully saturated rings. The van der Waals surface area contributed by atoms with Crippen LogP contribution in [0.5, 0.6) is 0 Å². The highest BCUT2D eigenvalue weighted by Crippen LogP contribution is 2.19. The first-order valence-corrected chi connectivity index (χ1v) is 5.26. The fourth-order valence-electron chi connectivity index (χ4n) is 1.89. The summed E-state index contributed by atoms with van der Waals surface area (Å²) < 4.78 is 0. The van der Waals surface area contributed by atoms with Gasteiger partial charge in [0.05, 0.1) is 6.07 Å². The van der Waals surface area contributed by atoms with Crippen molar-refractivity contribution >= 4 is 0 Å². The molecule has 2 rings (SSSR count). The first-order valence-electron chi connectivity index (χ1n) is 5.26. The molecule has 0 aromatic rings. The van der Waals surface area contributed by atoms with Crippen molar-refractivity contribution < 1.29 is 0 Å². The van der Waals surface area contributed by atoms with Crippen LogP contribution in [0.1, 0.15) is 25.7 Å². The topological polar surface area (TPSA) is 39.1 Å². The molecule has 2 aliphatic rings. The highest BCUT2D eigenvalue weighted by atomic mass is 15.2. The molecule has 3 heteroatoms. The molecule has 1 aliphatic heterocycles. The third-order valence-electron chi connectivity index (χ3n) is 2.81. The Balaban J connectivity index is 1.72. The van der Waals surface area contributed by atoms with Gasteiger partial charge >= 0.3 is 0 Å². The second-order valence-electron chi connectivity index (χ2n) is 4.13. The number of nitrogens with one attached hydrogen (secondary N) is 1. The van der Waals surface area contributed by atoms with Gasteiger partial charge in [-0.25, -0.2) is 0 Å². The van der Waals surface area contributed by atoms with Crippen LogP contribution in [0, 0.1) is 11.3 Å². The minimum Gasteiger partial charge on any atom is -0.301 e. The summed E-state index contributed by atoms with van der Waals surface area (Å²) in [6.07, 6.45) is 5.14. The standard InChI is InChI=1S/C10H17N3/c11-7-10(12-9-3-4-9)8-13-5-1-2-6-13/h9-10,12H,1-6,8H2. The summed E-state index contributed by atoms with van der Waals surface area (Å²) >= 11 is 0. The molecule has 1 unspecified atom stereocenters. The Hall–Kier alpha value is -0.590. The maximum atomic E-state index is 8.92. The van der Waals surface area contributed by atoms with Gasteiger partial charge < -0.3 is 4.90 Å². The SMILES string of the molecule is N#CC(CN1CCCC1)NC1CC1. The van der Waals surface area contributed by atoms with Crippen LogP contribution in [-0.4, -0.2) is 36.6 Å². The van der Waals surface area contributed by atoms with Crippen LogP contribution in [0.15, 0.2) is 0 Å². The predicted octanol–water partition coefficient (Wildman–Crippen LogP) is 0.726. The molecular weight excluding hydrogens is 162 g/mol. The average molecular weight is 179 g/mol. The number of likely N-dealkylation sites (tertiary alicyclic amines) is 1. The first kappa shape index (κ1) is 8.98. The average Bonchev–Trinajstić information content (AvgIpc) is 2.80. The molecule has 1 saturated carbocycles. The summed E-state index contributed by atoms with van der Waals surface area (Å²) in [5.41, 5.74) is 0. The normalized spacial score (nSPS) is 25.8. The number of rotatable bonds is 4. The van der Waals surface area contributed by atoms with E-state index in [1.165, 1.54) is 38.8 Å². The van der Waals surface area contributed by atoms with Crippen molar-refractivity contribution in [3.05, 3.63) is 0 Å². The van der Waals surface area contributed by atoms with E-state index in [0.29, 0.717) is 6.04 Å². The summed E-state index contributed by atoms with van der Waals surface area (Å²) in [7, 11) is 0. The van der Waals surface area contributed by atoms with Gasteiger partial charge in [0.1, 0.15) is 6.04 Å². The highest BCUT2D eigenvalue weighted by Gasteiger charge is 2.26. The van der Waals surface area contributed by atoms with Crippen LogP contribution in [0.25, 0.3) is 0 Å². The molecule has 0 amide bonds. The molecule has 0 aromatic heterocycles. The van der Waals surface area contributed by atoms with Crippen LogP contribution >= 0.6 is 0 Å². The van der Waals surface area contributed by atoms with Crippen molar-refractivity contribution in [2.24, 2.45) is 0 Å². The zero-order valence-corrected chi connectivity index (χ0v) is 8.00. The van der Waals surface area contributed by atoms with E-state index in [0.717, 1.165) is 6.54 Å². The zero-order valence-electron chi connectivity index (χ0n) is 8.00. The van der Waals surface area contributed by atoms with E-state index in [9.17, 15) is 0 Å². The summed E-state index contributed by atoms with van der Waals surface area (Å²) in [5, 5.41) is 12.3. The van der Waals surface area contributed by atoms with Crippen molar-refractivity contribution in [1.82, 2.24) is 10.2 Å². The van der Waals surface area contributed by atoms with Gasteiger partial charge in [0.15, 0.2) is 0 Å². The molecule has 0 aromatic carbocycles.